The zero-order valence-corrected chi connectivity index (χ0v) is 14.8. The summed E-state index contributed by atoms with van der Waals surface area (Å²) in [5, 5.41) is 10.7. The third-order valence-corrected chi connectivity index (χ3v) is 4.95. The molecular formula is C18H15N3O5S. The first kappa shape index (κ1) is 18.3. The number of nitro groups is 1. The topological polar surface area (TPSA) is 111 Å². The molecule has 8 nitrogen and oxygen atoms in total. The van der Waals surface area contributed by atoms with Crippen molar-refractivity contribution >= 4 is 21.4 Å². The summed E-state index contributed by atoms with van der Waals surface area (Å²) in [6.07, 6.45) is 1.66. The molecule has 0 atom stereocenters. The number of ether oxygens (including phenoxy) is 1. The van der Waals surface area contributed by atoms with Crippen LogP contribution < -0.4 is 9.46 Å². The lowest BCUT2D eigenvalue weighted by molar-refractivity contribution is -0.384. The first-order valence-electron chi connectivity index (χ1n) is 7.84. The van der Waals surface area contributed by atoms with Crippen molar-refractivity contribution < 1.29 is 18.1 Å². The fourth-order valence-corrected chi connectivity index (χ4v) is 3.30. The van der Waals surface area contributed by atoms with Gasteiger partial charge in [-0.15, -0.1) is 0 Å². The average Bonchev–Trinajstić information content (AvgIpc) is 2.67. The van der Waals surface area contributed by atoms with E-state index in [9.17, 15) is 18.5 Å². The normalized spacial score (nSPS) is 11.0. The lowest BCUT2D eigenvalue weighted by Crippen LogP contribution is -2.13. The van der Waals surface area contributed by atoms with Crippen LogP contribution in [0.4, 0.5) is 11.4 Å². The van der Waals surface area contributed by atoms with Gasteiger partial charge < -0.3 is 4.74 Å². The molecule has 138 valence electrons. The number of nitrogens with one attached hydrogen (secondary N) is 1. The highest BCUT2D eigenvalue weighted by atomic mass is 32.2. The van der Waals surface area contributed by atoms with Crippen LogP contribution in [0.2, 0.25) is 0 Å². The van der Waals surface area contributed by atoms with Crippen molar-refractivity contribution in [3.8, 4) is 5.75 Å². The van der Waals surface area contributed by atoms with Gasteiger partial charge in [0, 0.05) is 24.4 Å². The molecule has 9 heteroatoms. The van der Waals surface area contributed by atoms with Crippen molar-refractivity contribution in [2.45, 2.75) is 11.5 Å². The molecule has 0 unspecified atom stereocenters. The number of pyridine rings is 1. The molecule has 0 fully saturated rings. The van der Waals surface area contributed by atoms with Crippen LogP contribution in [-0.2, 0) is 16.6 Å². The van der Waals surface area contributed by atoms with Gasteiger partial charge in [-0.2, -0.15) is 0 Å². The lowest BCUT2D eigenvalue weighted by atomic mass is 10.3. The third kappa shape index (κ3) is 4.79. The summed E-state index contributed by atoms with van der Waals surface area (Å²) in [5.74, 6) is 0.476. The van der Waals surface area contributed by atoms with E-state index in [1.165, 1.54) is 12.1 Å². The van der Waals surface area contributed by atoms with Gasteiger partial charge in [-0.05, 0) is 36.4 Å². The van der Waals surface area contributed by atoms with E-state index in [-0.39, 0.29) is 17.2 Å². The van der Waals surface area contributed by atoms with E-state index in [2.05, 4.69) is 9.71 Å². The standard InChI is InChI=1S/C18H15N3O5S/c22-21(23)16-7-9-18(10-8-16)27(24,25)20-14-5-3-6-17(12-14)26-13-15-4-1-2-11-19-15/h1-12,20H,13H2. The Balaban J connectivity index is 1.72. The molecule has 0 amide bonds. The predicted molar refractivity (Wildman–Crippen MR) is 98.9 cm³/mol. The molecule has 3 rings (SSSR count). The van der Waals surface area contributed by atoms with Gasteiger partial charge in [-0.3, -0.25) is 19.8 Å². The van der Waals surface area contributed by atoms with Gasteiger partial charge in [0.15, 0.2) is 0 Å². The van der Waals surface area contributed by atoms with Gasteiger partial charge >= 0.3 is 0 Å². The lowest BCUT2D eigenvalue weighted by Gasteiger charge is -2.10. The van der Waals surface area contributed by atoms with Crippen LogP contribution in [0.5, 0.6) is 5.75 Å². The molecule has 1 aromatic heterocycles. The fourth-order valence-electron chi connectivity index (χ4n) is 2.25. The molecule has 2 aromatic carbocycles. The van der Waals surface area contributed by atoms with E-state index in [4.69, 9.17) is 4.74 Å². The van der Waals surface area contributed by atoms with Crippen LogP contribution in [0.1, 0.15) is 5.69 Å². The van der Waals surface area contributed by atoms with E-state index in [0.29, 0.717) is 11.4 Å². The smallest absolute Gasteiger partial charge is 0.269 e. The van der Waals surface area contributed by atoms with Gasteiger partial charge in [0.05, 0.1) is 21.2 Å². The number of hydrogen-bond acceptors (Lipinski definition) is 6. The fraction of sp³-hybridized carbons (Fsp3) is 0.0556. The van der Waals surface area contributed by atoms with Crippen LogP contribution in [0, 0.1) is 10.1 Å². The SMILES string of the molecule is O=[N+]([O-])c1ccc(S(=O)(=O)Nc2cccc(OCc3ccccn3)c2)cc1. The van der Waals surface area contributed by atoms with Crippen LogP contribution >= 0.6 is 0 Å². The maximum Gasteiger partial charge on any atom is 0.269 e. The minimum absolute atomic E-state index is 0.0760. The number of non-ortho nitro benzene ring substituents is 1. The van der Waals surface area contributed by atoms with Crippen LogP contribution in [-0.4, -0.2) is 18.3 Å². The molecule has 1 heterocycles. The Bertz CT molecular complexity index is 1040. The molecule has 0 radical (unpaired) electrons. The van der Waals surface area contributed by atoms with Gasteiger partial charge in [0.25, 0.3) is 15.7 Å². The summed E-state index contributed by atoms with van der Waals surface area (Å²) in [6, 6.07) is 16.6. The number of nitrogens with zero attached hydrogens (tertiary/aromatic N) is 2. The Morgan fingerprint density at radius 3 is 2.48 bits per heavy atom. The summed E-state index contributed by atoms with van der Waals surface area (Å²) in [6.45, 7) is 0.249. The van der Waals surface area contributed by atoms with E-state index in [0.717, 1.165) is 17.8 Å². The molecule has 0 aliphatic heterocycles. The van der Waals surface area contributed by atoms with Gasteiger partial charge in [0.1, 0.15) is 12.4 Å². The molecule has 3 aromatic rings. The van der Waals surface area contributed by atoms with Crippen molar-refractivity contribution in [2.24, 2.45) is 0 Å². The number of rotatable bonds is 7. The number of benzene rings is 2. The summed E-state index contributed by atoms with van der Waals surface area (Å²) < 4.78 is 32.9. The second kappa shape index (κ2) is 7.83. The van der Waals surface area contributed by atoms with Crippen LogP contribution in [0.25, 0.3) is 0 Å². The first-order valence-corrected chi connectivity index (χ1v) is 9.32. The van der Waals surface area contributed by atoms with E-state index < -0.39 is 14.9 Å². The van der Waals surface area contributed by atoms with Crippen molar-refractivity contribution in [3.05, 3.63) is 88.7 Å². The van der Waals surface area contributed by atoms with Crippen molar-refractivity contribution in [3.63, 3.8) is 0 Å². The first-order chi connectivity index (χ1) is 12.9. The second-order valence-corrected chi connectivity index (χ2v) is 7.18. The number of sulfonamides is 1. The molecule has 0 spiro atoms. The maximum absolute atomic E-state index is 12.4. The molecule has 0 aliphatic carbocycles. The number of anilines is 1. The molecule has 0 saturated heterocycles. The Morgan fingerprint density at radius 1 is 1.04 bits per heavy atom. The zero-order valence-electron chi connectivity index (χ0n) is 14.0. The van der Waals surface area contributed by atoms with Crippen molar-refractivity contribution in [1.29, 1.82) is 0 Å². The molecule has 27 heavy (non-hydrogen) atoms. The molecular weight excluding hydrogens is 370 g/mol. The summed E-state index contributed by atoms with van der Waals surface area (Å²) in [7, 11) is -3.88. The van der Waals surface area contributed by atoms with Crippen LogP contribution in [0.3, 0.4) is 0 Å². The number of nitro benzene ring substituents is 1. The second-order valence-electron chi connectivity index (χ2n) is 5.49. The van der Waals surface area contributed by atoms with E-state index in [1.807, 2.05) is 12.1 Å². The zero-order chi connectivity index (χ0) is 19.3. The molecule has 0 saturated carbocycles. The van der Waals surface area contributed by atoms with E-state index in [1.54, 1.807) is 36.5 Å². The quantitative estimate of drug-likeness (QED) is 0.493. The summed E-state index contributed by atoms with van der Waals surface area (Å²) >= 11 is 0. The Hall–Kier alpha value is -3.46. The average molecular weight is 385 g/mol. The molecule has 1 N–H and O–H groups in total. The minimum Gasteiger partial charge on any atom is -0.487 e. The molecule has 0 aliphatic rings. The molecule has 0 bridgehead atoms. The maximum atomic E-state index is 12.4. The third-order valence-electron chi connectivity index (χ3n) is 3.56. The highest BCUT2D eigenvalue weighted by Crippen LogP contribution is 2.22. The number of hydrogen-bond donors (Lipinski definition) is 1. The van der Waals surface area contributed by atoms with Crippen molar-refractivity contribution in [2.75, 3.05) is 4.72 Å². The number of aromatic nitrogens is 1. The monoisotopic (exact) mass is 385 g/mol. The minimum atomic E-state index is -3.88. The summed E-state index contributed by atoms with van der Waals surface area (Å²) in [5.41, 5.74) is 0.875. The Labute approximate surface area is 155 Å². The van der Waals surface area contributed by atoms with Gasteiger partial charge in [-0.1, -0.05) is 12.1 Å². The Morgan fingerprint density at radius 2 is 1.81 bits per heavy atom. The largest absolute Gasteiger partial charge is 0.487 e. The summed E-state index contributed by atoms with van der Waals surface area (Å²) in [4.78, 5) is 14.2. The van der Waals surface area contributed by atoms with Gasteiger partial charge in [0.2, 0.25) is 0 Å². The Kier molecular flexibility index (Phi) is 5.32. The van der Waals surface area contributed by atoms with Crippen LogP contribution in [0.15, 0.2) is 77.8 Å². The van der Waals surface area contributed by atoms with Crippen molar-refractivity contribution in [1.82, 2.24) is 4.98 Å². The van der Waals surface area contributed by atoms with Gasteiger partial charge in [-0.25, -0.2) is 8.42 Å². The predicted octanol–water partition coefficient (Wildman–Crippen LogP) is 3.37. The van der Waals surface area contributed by atoms with E-state index >= 15 is 0 Å². The highest BCUT2D eigenvalue weighted by Gasteiger charge is 2.16. The highest BCUT2D eigenvalue weighted by molar-refractivity contribution is 7.92.